The zero-order valence-electron chi connectivity index (χ0n) is 16.7. The molecule has 0 aromatic heterocycles. The van der Waals surface area contributed by atoms with Gasteiger partial charge in [-0.15, -0.1) is 0 Å². The van der Waals surface area contributed by atoms with Crippen LogP contribution in [0.15, 0.2) is 70.7 Å². The molecule has 3 aromatic rings. The fraction of sp³-hybridized carbons (Fsp3) is 0.120. The Morgan fingerprint density at radius 1 is 1.07 bits per heavy atom. The average Bonchev–Trinajstić information content (AvgIpc) is 2.69. The molecule has 3 rings (SSSR count). The number of phenols is 1. The van der Waals surface area contributed by atoms with Gasteiger partial charge in [-0.1, -0.05) is 57.4 Å². The third kappa shape index (κ3) is 5.59. The van der Waals surface area contributed by atoms with Crippen LogP contribution in [0.1, 0.15) is 27.8 Å². The maximum Gasteiger partial charge on any atom is 0.266 e. The number of carbonyl (C=O) groups excluding carboxylic acids is 1. The van der Waals surface area contributed by atoms with Crippen molar-refractivity contribution in [3.05, 3.63) is 98.5 Å². The summed E-state index contributed by atoms with van der Waals surface area (Å²) in [6, 6.07) is 20.3. The van der Waals surface area contributed by atoms with Crippen LogP contribution in [0.4, 0.5) is 5.69 Å². The van der Waals surface area contributed by atoms with Crippen LogP contribution >= 0.6 is 15.9 Å². The zero-order valence-corrected chi connectivity index (χ0v) is 18.3. The minimum absolute atomic E-state index is 0.00275. The lowest BCUT2D eigenvalue weighted by molar-refractivity contribution is -0.112. The SMILES string of the molecule is Cc1cc(C)cc(Cc2ccc(/C=C(\C#N)C(=O)Nc3ccc(O)cc3)cc2Br)c1. The van der Waals surface area contributed by atoms with Crippen LogP contribution in [0.2, 0.25) is 0 Å². The Kier molecular flexibility index (Phi) is 6.71. The summed E-state index contributed by atoms with van der Waals surface area (Å²) in [5, 5.41) is 21.4. The van der Waals surface area contributed by atoms with E-state index in [0.29, 0.717) is 5.69 Å². The Morgan fingerprint density at radius 3 is 2.33 bits per heavy atom. The standard InChI is InChI=1S/C25H21BrN2O2/c1-16-9-17(2)11-19(10-16)13-20-4-3-18(14-24(20)26)12-21(15-27)25(30)28-22-5-7-23(29)8-6-22/h3-12,14,29H,13H2,1-2H3,(H,28,30)/b21-12+. The highest BCUT2D eigenvalue weighted by Gasteiger charge is 2.11. The van der Waals surface area contributed by atoms with E-state index in [1.54, 1.807) is 18.2 Å². The van der Waals surface area contributed by atoms with E-state index in [9.17, 15) is 15.2 Å². The number of anilines is 1. The molecule has 1 amide bonds. The average molecular weight is 461 g/mol. The summed E-state index contributed by atoms with van der Waals surface area (Å²) in [6.07, 6.45) is 2.35. The molecule has 0 aliphatic rings. The number of rotatable bonds is 5. The Hall–Kier alpha value is -3.36. The van der Waals surface area contributed by atoms with Crippen molar-refractivity contribution in [2.24, 2.45) is 0 Å². The van der Waals surface area contributed by atoms with Crippen molar-refractivity contribution in [1.82, 2.24) is 0 Å². The van der Waals surface area contributed by atoms with Crippen LogP contribution in [-0.2, 0) is 11.2 Å². The first kappa shape index (κ1) is 21.4. The first-order chi connectivity index (χ1) is 14.3. The molecule has 0 saturated carbocycles. The summed E-state index contributed by atoms with van der Waals surface area (Å²) in [6.45, 7) is 4.18. The van der Waals surface area contributed by atoms with Crippen LogP contribution in [0.25, 0.3) is 6.08 Å². The third-order valence-electron chi connectivity index (χ3n) is 4.55. The van der Waals surface area contributed by atoms with E-state index >= 15 is 0 Å². The summed E-state index contributed by atoms with van der Waals surface area (Å²) >= 11 is 3.61. The Bertz CT molecular complexity index is 1140. The van der Waals surface area contributed by atoms with Gasteiger partial charge in [0.25, 0.3) is 5.91 Å². The lowest BCUT2D eigenvalue weighted by Crippen LogP contribution is -2.13. The van der Waals surface area contributed by atoms with Crippen molar-refractivity contribution < 1.29 is 9.90 Å². The van der Waals surface area contributed by atoms with Crippen molar-refractivity contribution in [2.75, 3.05) is 5.32 Å². The largest absolute Gasteiger partial charge is 0.508 e. The van der Waals surface area contributed by atoms with E-state index in [0.717, 1.165) is 22.0 Å². The first-order valence-corrected chi connectivity index (χ1v) is 10.2. The quantitative estimate of drug-likeness (QED) is 0.282. The van der Waals surface area contributed by atoms with E-state index in [4.69, 9.17) is 0 Å². The second-order valence-electron chi connectivity index (χ2n) is 7.19. The fourth-order valence-corrected chi connectivity index (χ4v) is 3.78. The highest BCUT2D eigenvalue weighted by atomic mass is 79.9. The normalized spacial score (nSPS) is 11.1. The number of nitrogens with one attached hydrogen (secondary N) is 1. The van der Waals surface area contributed by atoms with Crippen LogP contribution in [0, 0.1) is 25.2 Å². The van der Waals surface area contributed by atoms with Crippen LogP contribution in [-0.4, -0.2) is 11.0 Å². The maximum absolute atomic E-state index is 12.4. The van der Waals surface area contributed by atoms with Gasteiger partial charge in [-0.3, -0.25) is 4.79 Å². The van der Waals surface area contributed by atoms with Gasteiger partial charge in [-0.2, -0.15) is 5.26 Å². The van der Waals surface area contributed by atoms with E-state index in [1.165, 1.54) is 28.8 Å². The molecule has 0 saturated heterocycles. The molecule has 0 aliphatic heterocycles. The smallest absolute Gasteiger partial charge is 0.266 e. The van der Waals surface area contributed by atoms with E-state index in [-0.39, 0.29) is 11.3 Å². The maximum atomic E-state index is 12.4. The summed E-state index contributed by atoms with van der Waals surface area (Å²) in [5.41, 5.74) is 6.09. The summed E-state index contributed by atoms with van der Waals surface area (Å²) in [7, 11) is 0. The predicted octanol–water partition coefficient (Wildman–Crippen LogP) is 5.91. The number of hydrogen-bond donors (Lipinski definition) is 2. The highest BCUT2D eigenvalue weighted by molar-refractivity contribution is 9.10. The Labute approximate surface area is 184 Å². The van der Waals surface area contributed by atoms with Crippen molar-refractivity contribution in [3.8, 4) is 11.8 Å². The van der Waals surface area contributed by atoms with E-state index in [2.05, 4.69) is 53.3 Å². The highest BCUT2D eigenvalue weighted by Crippen LogP contribution is 2.24. The molecule has 30 heavy (non-hydrogen) atoms. The molecule has 0 fully saturated rings. The van der Waals surface area contributed by atoms with Gasteiger partial charge in [-0.05, 0) is 73.4 Å². The monoisotopic (exact) mass is 460 g/mol. The number of aromatic hydroxyl groups is 1. The van der Waals surface area contributed by atoms with Gasteiger partial charge >= 0.3 is 0 Å². The number of phenolic OH excluding ortho intramolecular Hbond substituents is 1. The number of nitrogens with zero attached hydrogens (tertiary/aromatic N) is 1. The predicted molar refractivity (Wildman–Crippen MR) is 123 cm³/mol. The lowest BCUT2D eigenvalue weighted by atomic mass is 9.99. The number of nitriles is 1. The van der Waals surface area contributed by atoms with E-state index < -0.39 is 5.91 Å². The number of halogens is 1. The molecule has 0 spiro atoms. The first-order valence-electron chi connectivity index (χ1n) is 9.42. The fourth-order valence-electron chi connectivity index (χ4n) is 3.25. The van der Waals surface area contributed by atoms with E-state index in [1.807, 2.05) is 24.3 Å². The molecule has 2 N–H and O–H groups in total. The van der Waals surface area contributed by atoms with Crippen LogP contribution in [0.3, 0.4) is 0 Å². The zero-order chi connectivity index (χ0) is 21.7. The van der Waals surface area contributed by atoms with Gasteiger partial charge < -0.3 is 10.4 Å². The van der Waals surface area contributed by atoms with Gasteiger partial charge in [0.05, 0.1) is 0 Å². The summed E-state index contributed by atoms with van der Waals surface area (Å²) in [4.78, 5) is 12.4. The molecule has 3 aromatic carbocycles. The molecule has 4 nitrogen and oxygen atoms in total. The van der Waals surface area contributed by atoms with Crippen molar-refractivity contribution >= 4 is 33.6 Å². The Morgan fingerprint density at radius 2 is 1.73 bits per heavy atom. The molecular formula is C25H21BrN2O2. The number of amides is 1. The molecule has 0 heterocycles. The molecule has 0 unspecified atom stereocenters. The van der Waals surface area contributed by atoms with Gasteiger partial charge in [0.1, 0.15) is 17.4 Å². The molecule has 0 aliphatic carbocycles. The van der Waals surface area contributed by atoms with Crippen molar-refractivity contribution in [3.63, 3.8) is 0 Å². The minimum atomic E-state index is -0.501. The minimum Gasteiger partial charge on any atom is -0.508 e. The molecule has 5 heteroatoms. The lowest BCUT2D eigenvalue weighted by Gasteiger charge is -2.09. The van der Waals surface area contributed by atoms with Gasteiger partial charge in [0.15, 0.2) is 0 Å². The molecule has 0 bridgehead atoms. The second-order valence-corrected chi connectivity index (χ2v) is 8.05. The molecule has 0 radical (unpaired) electrons. The number of hydrogen-bond acceptors (Lipinski definition) is 3. The second kappa shape index (κ2) is 9.43. The molecular weight excluding hydrogens is 440 g/mol. The number of aryl methyl sites for hydroxylation is 2. The van der Waals surface area contributed by atoms with Crippen molar-refractivity contribution in [2.45, 2.75) is 20.3 Å². The number of carbonyl (C=O) groups is 1. The van der Waals surface area contributed by atoms with Crippen LogP contribution < -0.4 is 5.32 Å². The van der Waals surface area contributed by atoms with Gasteiger partial charge in [-0.25, -0.2) is 0 Å². The summed E-state index contributed by atoms with van der Waals surface area (Å²) in [5.74, 6) is -0.395. The number of benzene rings is 3. The van der Waals surface area contributed by atoms with Gasteiger partial charge in [0, 0.05) is 10.2 Å². The topological polar surface area (TPSA) is 73.1 Å². The molecule has 0 atom stereocenters. The summed E-state index contributed by atoms with van der Waals surface area (Å²) < 4.78 is 0.923. The van der Waals surface area contributed by atoms with Crippen molar-refractivity contribution in [1.29, 1.82) is 5.26 Å². The van der Waals surface area contributed by atoms with Crippen LogP contribution in [0.5, 0.6) is 5.75 Å². The van der Waals surface area contributed by atoms with Gasteiger partial charge in [0.2, 0.25) is 0 Å². The molecule has 150 valence electrons. The Balaban J connectivity index is 1.78. The third-order valence-corrected chi connectivity index (χ3v) is 5.29.